The van der Waals surface area contributed by atoms with Gasteiger partial charge in [-0.15, -0.1) is 0 Å². The first-order valence-electron chi connectivity index (χ1n) is 7.59. The van der Waals surface area contributed by atoms with Crippen LogP contribution in [0.3, 0.4) is 0 Å². The van der Waals surface area contributed by atoms with Gasteiger partial charge in [0.05, 0.1) is 0 Å². The molecule has 0 bridgehead atoms. The van der Waals surface area contributed by atoms with Crippen LogP contribution in [0.5, 0.6) is 0 Å². The first kappa shape index (κ1) is 12.4. The molecule has 0 heteroatoms. The van der Waals surface area contributed by atoms with Gasteiger partial charge < -0.3 is 0 Å². The second-order valence-electron chi connectivity index (χ2n) is 5.83. The van der Waals surface area contributed by atoms with Gasteiger partial charge in [-0.1, -0.05) is 73.7 Å². The predicted octanol–water partition coefficient (Wildman–Crippen LogP) is 6.26. The Labute approximate surface area is 125 Å². The van der Waals surface area contributed by atoms with Crippen molar-refractivity contribution in [2.24, 2.45) is 0 Å². The van der Waals surface area contributed by atoms with Crippen molar-refractivity contribution in [2.45, 2.75) is 19.8 Å². The lowest BCUT2D eigenvalue weighted by molar-refractivity contribution is 0.978. The molecular weight excluding hydrogens is 252 g/mol. The maximum Gasteiger partial charge on any atom is -0.000438 e. The molecule has 102 valence electrons. The third kappa shape index (κ3) is 1.76. The van der Waals surface area contributed by atoms with Crippen molar-refractivity contribution in [3.63, 3.8) is 0 Å². The molecule has 0 N–H and O–H groups in total. The van der Waals surface area contributed by atoms with Gasteiger partial charge in [0.1, 0.15) is 0 Å². The molecule has 0 spiro atoms. The molecule has 4 aromatic carbocycles. The van der Waals surface area contributed by atoms with Crippen molar-refractivity contribution in [2.75, 3.05) is 0 Å². The zero-order valence-corrected chi connectivity index (χ0v) is 12.4. The highest BCUT2D eigenvalue weighted by Crippen LogP contribution is 2.37. The summed E-state index contributed by atoms with van der Waals surface area (Å²) in [6, 6.07) is 20.1. The van der Waals surface area contributed by atoms with Crippen LogP contribution in [0, 0.1) is 0 Å². The van der Waals surface area contributed by atoms with E-state index in [-0.39, 0.29) is 0 Å². The molecule has 0 aliphatic carbocycles. The smallest absolute Gasteiger partial charge is 0.000438 e. The summed E-state index contributed by atoms with van der Waals surface area (Å²) in [7, 11) is 0. The maximum atomic E-state index is 2.29. The highest BCUT2D eigenvalue weighted by molar-refractivity contribution is 6.23. The molecule has 1 unspecified atom stereocenters. The summed E-state index contributed by atoms with van der Waals surface area (Å²) in [4.78, 5) is 0. The van der Waals surface area contributed by atoms with E-state index in [4.69, 9.17) is 0 Å². The average molecular weight is 270 g/mol. The Morgan fingerprint density at radius 1 is 0.762 bits per heavy atom. The van der Waals surface area contributed by atoms with Crippen LogP contribution >= 0.6 is 0 Å². The minimum atomic E-state index is 0.444. The SMILES string of the molecule is C/C=C\C(C)c1ccc2ccc3cccc4ccc1c2c34. The highest BCUT2D eigenvalue weighted by Gasteiger charge is 2.12. The number of hydrogen-bond acceptors (Lipinski definition) is 0. The second kappa shape index (κ2) is 4.60. The lowest BCUT2D eigenvalue weighted by Crippen LogP contribution is -1.93. The standard InChI is InChI=1S/C21H18/c1-3-5-14(2)18-12-10-17-9-8-15-6-4-7-16-11-13-19(18)21(17)20(15)16/h3-14H,1-2H3/b5-3-. The van der Waals surface area contributed by atoms with E-state index in [0.29, 0.717) is 5.92 Å². The number of allylic oxidation sites excluding steroid dienone is 2. The van der Waals surface area contributed by atoms with E-state index in [1.54, 1.807) is 0 Å². The minimum absolute atomic E-state index is 0.444. The zero-order chi connectivity index (χ0) is 14.4. The van der Waals surface area contributed by atoms with Gasteiger partial charge >= 0.3 is 0 Å². The molecule has 21 heavy (non-hydrogen) atoms. The maximum absolute atomic E-state index is 2.29. The summed E-state index contributed by atoms with van der Waals surface area (Å²) in [5.74, 6) is 0.444. The quantitative estimate of drug-likeness (QED) is 0.298. The molecule has 0 saturated heterocycles. The fourth-order valence-corrected chi connectivity index (χ4v) is 3.55. The Balaban J connectivity index is 2.20. The lowest BCUT2D eigenvalue weighted by Gasteiger charge is -2.16. The highest BCUT2D eigenvalue weighted by atomic mass is 14.2. The van der Waals surface area contributed by atoms with Crippen LogP contribution in [-0.4, -0.2) is 0 Å². The number of rotatable bonds is 2. The van der Waals surface area contributed by atoms with Gasteiger partial charge in [0.25, 0.3) is 0 Å². The van der Waals surface area contributed by atoms with Crippen molar-refractivity contribution in [3.8, 4) is 0 Å². The number of hydrogen-bond donors (Lipinski definition) is 0. The molecule has 0 nitrogen and oxygen atoms in total. The largest absolute Gasteiger partial charge is 0.0911 e. The monoisotopic (exact) mass is 270 g/mol. The van der Waals surface area contributed by atoms with Crippen LogP contribution in [0.15, 0.2) is 66.7 Å². The van der Waals surface area contributed by atoms with Crippen LogP contribution in [0.1, 0.15) is 25.3 Å². The van der Waals surface area contributed by atoms with Crippen LogP contribution < -0.4 is 0 Å². The zero-order valence-electron chi connectivity index (χ0n) is 12.4. The Bertz CT molecular complexity index is 944. The molecule has 0 aliphatic rings. The average Bonchev–Trinajstić information content (AvgIpc) is 2.52. The van der Waals surface area contributed by atoms with Crippen molar-refractivity contribution in [1.29, 1.82) is 0 Å². The fourth-order valence-electron chi connectivity index (χ4n) is 3.55. The molecule has 0 fully saturated rings. The third-order valence-electron chi connectivity index (χ3n) is 4.53. The molecule has 4 aromatic rings. The van der Waals surface area contributed by atoms with Gasteiger partial charge in [-0.3, -0.25) is 0 Å². The summed E-state index contributed by atoms with van der Waals surface area (Å²) in [5, 5.41) is 8.22. The van der Waals surface area contributed by atoms with Crippen LogP contribution in [0.2, 0.25) is 0 Å². The van der Waals surface area contributed by atoms with Gasteiger partial charge in [0.15, 0.2) is 0 Å². The first-order chi connectivity index (χ1) is 10.3. The molecule has 0 aromatic heterocycles. The Morgan fingerprint density at radius 3 is 2.10 bits per heavy atom. The van der Waals surface area contributed by atoms with Gasteiger partial charge in [-0.05, 0) is 50.7 Å². The predicted molar refractivity (Wildman–Crippen MR) is 93.4 cm³/mol. The van der Waals surface area contributed by atoms with Crippen LogP contribution in [0.25, 0.3) is 32.3 Å². The van der Waals surface area contributed by atoms with E-state index in [1.807, 2.05) is 0 Å². The Morgan fingerprint density at radius 2 is 1.38 bits per heavy atom. The van der Waals surface area contributed by atoms with Crippen molar-refractivity contribution in [1.82, 2.24) is 0 Å². The summed E-state index contributed by atoms with van der Waals surface area (Å²) in [6.07, 6.45) is 4.41. The molecule has 4 rings (SSSR count). The Kier molecular flexibility index (Phi) is 2.71. The lowest BCUT2D eigenvalue weighted by atomic mass is 9.88. The van der Waals surface area contributed by atoms with Gasteiger partial charge in [-0.25, -0.2) is 0 Å². The molecule has 0 heterocycles. The molecule has 0 saturated carbocycles. The van der Waals surface area contributed by atoms with E-state index >= 15 is 0 Å². The van der Waals surface area contributed by atoms with Crippen LogP contribution in [-0.2, 0) is 0 Å². The van der Waals surface area contributed by atoms with Gasteiger partial charge in [-0.2, -0.15) is 0 Å². The molecule has 0 aliphatic heterocycles. The van der Waals surface area contributed by atoms with Gasteiger partial charge in [0.2, 0.25) is 0 Å². The third-order valence-corrected chi connectivity index (χ3v) is 4.53. The van der Waals surface area contributed by atoms with Crippen molar-refractivity contribution < 1.29 is 0 Å². The van der Waals surface area contributed by atoms with Gasteiger partial charge in [0, 0.05) is 0 Å². The van der Waals surface area contributed by atoms with E-state index in [2.05, 4.69) is 80.6 Å². The van der Waals surface area contributed by atoms with Crippen LogP contribution in [0.4, 0.5) is 0 Å². The topological polar surface area (TPSA) is 0 Å². The van der Waals surface area contributed by atoms with E-state index in [0.717, 1.165) is 0 Å². The fraction of sp³-hybridized carbons (Fsp3) is 0.143. The van der Waals surface area contributed by atoms with E-state index < -0.39 is 0 Å². The Hall–Kier alpha value is -2.34. The normalized spacial score (nSPS) is 13.8. The number of benzene rings is 4. The molecule has 0 radical (unpaired) electrons. The van der Waals surface area contributed by atoms with E-state index in [1.165, 1.54) is 37.9 Å². The first-order valence-corrected chi connectivity index (χ1v) is 7.59. The summed E-state index contributed by atoms with van der Waals surface area (Å²) in [6.45, 7) is 4.36. The van der Waals surface area contributed by atoms with E-state index in [9.17, 15) is 0 Å². The summed E-state index contributed by atoms with van der Waals surface area (Å²) >= 11 is 0. The molecule has 1 atom stereocenters. The molecular formula is C21H18. The molecule has 0 amide bonds. The minimum Gasteiger partial charge on any atom is -0.0911 e. The summed E-state index contributed by atoms with van der Waals surface area (Å²) in [5.41, 5.74) is 1.42. The second-order valence-corrected chi connectivity index (χ2v) is 5.83. The van der Waals surface area contributed by atoms with Crippen molar-refractivity contribution >= 4 is 32.3 Å². The van der Waals surface area contributed by atoms with Crippen molar-refractivity contribution in [3.05, 3.63) is 72.3 Å². The summed E-state index contributed by atoms with van der Waals surface area (Å²) < 4.78 is 0.